The Hall–Kier alpha value is -0.640. The highest BCUT2D eigenvalue weighted by molar-refractivity contribution is 4.85. The van der Waals surface area contributed by atoms with Gasteiger partial charge in [0, 0.05) is 11.3 Å². The van der Waals surface area contributed by atoms with Gasteiger partial charge in [-0.3, -0.25) is 10.1 Å². The third-order valence-corrected chi connectivity index (χ3v) is 1.39. The van der Waals surface area contributed by atoms with Crippen LogP contribution in [0.15, 0.2) is 0 Å². The van der Waals surface area contributed by atoms with E-state index in [0.29, 0.717) is 6.42 Å². The van der Waals surface area contributed by atoms with E-state index >= 15 is 0 Å². The fourth-order valence-electron chi connectivity index (χ4n) is 0.686. The molecule has 0 unspecified atom stereocenters. The second-order valence-corrected chi connectivity index (χ2v) is 2.03. The highest BCUT2D eigenvalue weighted by atomic mass is 16.6. The molecule has 4 nitrogen and oxygen atoms in total. The van der Waals surface area contributed by atoms with E-state index in [0.717, 1.165) is 0 Å². The summed E-state index contributed by atoms with van der Waals surface area (Å²) in [7, 11) is 0. The fourth-order valence-corrected chi connectivity index (χ4v) is 0.686. The average Bonchev–Trinajstić information content (AvgIpc) is 2.42. The Kier molecular flexibility index (Phi) is 1.17. The van der Waals surface area contributed by atoms with Gasteiger partial charge < -0.3 is 5.11 Å². The summed E-state index contributed by atoms with van der Waals surface area (Å²) in [5, 5.41) is 18.1. The van der Waals surface area contributed by atoms with Crippen LogP contribution >= 0.6 is 0 Å². The Morgan fingerprint density at radius 2 is 2.50 bits per heavy atom. The van der Waals surface area contributed by atoms with Crippen molar-refractivity contribution in [3.05, 3.63) is 10.1 Å². The van der Waals surface area contributed by atoms with Crippen molar-refractivity contribution in [3.8, 4) is 0 Å². The molecule has 0 spiro atoms. The van der Waals surface area contributed by atoms with Crippen molar-refractivity contribution in [2.75, 3.05) is 6.61 Å². The molecule has 8 heavy (non-hydrogen) atoms. The number of nitrogens with zero attached hydrogens (tertiary/aromatic N) is 1. The molecule has 0 heterocycles. The van der Waals surface area contributed by atoms with Crippen LogP contribution < -0.4 is 0 Å². The maximum atomic E-state index is 9.83. The predicted molar refractivity (Wildman–Crippen MR) is 26.0 cm³/mol. The zero-order valence-electron chi connectivity index (χ0n) is 4.28. The topological polar surface area (TPSA) is 63.4 Å². The lowest BCUT2D eigenvalue weighted by Crippen LogP contribution is -2.04. The van der Waals surface area contributed by atoms with Crippen LogP contribution in [0.1, 0.15) is 6.42 Å². The summed E-state index contributed by atoms with van der Waals surface area (Å²) in [6, 6.07) is -0.444. The smallest absolute Gasteiger partial charge is 0.219 e. The maximum Gasteiger partial charge on any atom is 0.219 e. The van der Waals surface area contributed by atoms with Crippen molar-refractivity contribution in [3.63, 3.8) is 0 Å². The van der Waals surface area contributed by atoms with Gasteiger partial charge in [-0.05, 0) is 0 Å². The fraction of sp³-hybridized carbons (Fsp3) is 1.00. The minimum absolute atomic E-state index is 0.0361. The molecule has 0 aliphatic heterocycles. The van der Waals surface area contributed by atoms with E-state index < -0.39 is 6.04 Å². The van der Waals surface area contributed by atoms with Crippen LogP contribution in [0.3, 0.4) is 0 Å². The Balaban J connectivity index is 2.26. The zero-order chi connectivity index (χ0) is 6.15. The molecule has 0 bridgehead atoms. The first kappa shape index (κ1) is 5.50. The van der Waals surface area contributed by atoms with Gasteiger partial charge in [-0.25, -0.2) is 0 Å². The number of nitro groups is 1. The summed E-state index contributed by atoms with van der Waals surface area (Å²) in [5.41, 5.74) is 0. The summed E-state index contributed by atoms with van der Waals surface area (Å²) in [5.74, 6) is -0.0509. The molecule has 1 fully saturated rings. The summed E-state index contributed by atoms with van der Waals surface area (Å²) in [6.07, 6.45) is 0.559. The number of aliphatic hydroxyl groups excluding tert-OH is 1. The molecule has 46 valence electrons. The van der Waals surface area contributed by atoms with Gasteiger partial charge in [-0.2, -0.15) is 0 Å². The Bertz CT molecular complexity index is 114. The lowest BCUT2D eigenvalue weighted by molar-refractivity contribution is -0.498. The Morgan fingerprint density at radius 3 is 2.62 bits per heavy atom. The molecule has 0 radical (unpaired) electrons. The third kappa shape index (κ3) is 0.790. The Morgan fingerprint density at radius 1 is 1.88 bits per heavy atom. The summed E-state index contributed by atoms with van der Waals surface area (Å²) >= 11 is 0. The summed E-state index contributed by atoms with van der Waals surface area (Å²) in [4.78, 5) is 9.49. The van der Waals surface area contributed by atoms with Gasteiger partial charge in [0.2, 0.25) is 6.04 Å². The molecule has 0 aromatic carbocycles. The van der Waals surface area contributed by atoms with Gasteiger partial charge in [0.1, 0.15) is 0 Å². The minimum Gasteiger partial charge on any atom is -0.396 e. The van der Waals surface area contributed by atoms with Gasteiger partial charge in [0.15, 0.2) is 0 Å². The molecule has 2 atom stereocenters. The van der Waals surface area contributed by atoms with Crippen LogP contribution in [-0.2, 0) is 0 Å². The molecule has 0 aromatic rings. The lowest BCUT2D eigenvalue weighted by Gasteiger charge is -1.84. The summed E-state index contributed by atoms with van der Waals surface area (Å²) < 4.78 is 0. The van der Waals surface area contributed by atoms with E-state index in [1.54, 1.807) is 0 Å². The molecule has 1 N–H and O–H groups in total. The number of hydrogen-bond acceptors (Lipinski definition) is 3. The van der Waals surface area contributed by atoms with E-state index in [1.807, 2.05) is 0 Å². The highest BCUT2D eigenvalue weighted by Gasteiger charge is 2.47. The quantitative estimate of drug-likeness (QED) is 0.397. The number of hydrogen-bond donors (Lipinski definition) is 1. The van der Waals surface area contributed by atoms with Gasteiger partial charge in [-0.15, -0.1) is 0 Å². The lowest BCUT2D eigenvalue weighted by atomic mass is 10.4. The standard InChI is InChI=1S/C4H7NO3/c6-2-3-1-4(3)5(7)8/h3-4,6H,1-2H2/t3-,4+/m0/s1. The van der Waals surface area contributed by atoms with Crippen molar-refractivity contribution in [1.82, 2.24) is 0 Å². The molecule has 1 saturated carbocycles. The molecule has 4 heteroatoms. The van der Waals surface area contributed by atoms with Crippen LogP contribution in [0, 0.1) is 16.0 Å². The third-order valence-electron chi connectivity index (χ3n) is 1.39. The van der Waals surface area contributed by atoms with Crippen LogP contribution in [0.2, 0.25) is 0 Å². The van der Waals surface area contributed by atoms with Crippen LogP contribution in [0.5, 0.6) is 0 Å². The molecule has 1 aliphatic carbocycles. The molecule has 0 aromatic heterocycles. The van der Waals surface area contributed by atoms with Gasteiger partial charge in [0.05, 0.1) is 12.5 Å². The molecule has 1 rings (SSSR count). The van der Waals surface area contributed by atoms with E-state index in [1.165, 1.54) is 0 Å². The monoisotopic (exact) mass is 117 g/mol. The van der Waals surface area contributed by atoms with Crippen LogP contribution in [0.25, 0.3) is 0 Å². The van der Waals surface area contributed by atoms with E-state index in [9.17, 15) is 10.1 Å². The SMILES string of the molecule is O=[N+]([O-])[C@@H]1C[C@H]1CO. The average molecular weight is 117 g/mol. The largest absolute Gasteiger partial charge is 0.396 e. The van der Waals surface area contributed by atoms with Crippen molar-refractivity contribution >= 4 is 0 Å². The van der Waals surface area contributed by atoms with Crippen molar-refractivity contribution in [2.24, 2.45) is 5.92 Å². The molecule has 1 aliphatic rings. The second kappa shape index (κ2) is 1.70. The molecular formula is C4H7NO3. The van der Waals surface area contributed by atoms with Gasteiger partial charge in [0.25, 0.3) is 0 Å². The molecular weight excluding hydrogens is 110 g/mol. The maximum absolute atomic E-state index is 9.83. The summed E-state index contributed by atoms with van der Waals surface area (Å²) in [6.45, 7) is -0.0361. The van der Waals surface area contributed by atoms with Gasteiger partial charge in [-0.1, -0.05) is 0 Å². The highest BCUT2D eigenvalue weighted by Crippen LogP contribution is 2.31. The number of aliphatic hydroxyl groups is 1. The van der Waals surface area contributed by atoms with Crippen molar-refractivity contribution in [1.29, 1.82) is 0 Å². The van der Waals surface area contributed by atoms with Crippen molar-refractivity contribution < 1.29 is 10.0 Å². The van der Waals surface area contributed by atoms with E-state index in [4.69, 9.17) is 5.11 Å². The first-order valence-electron chi connectivity index (χ1n) is 2.50. The normalized spacial score (nSPS) is 34.6. The first-order valence-corrected chi connectivity index (χ1v) is 2.50. The van der Waals surface area contributed by atoms with Crippen LogP contribution in [0.4, 0.5) is 0 Å². The number of rotatable bonds is 2. The molecule has 0 saturated heterocycles. The van der Waals surface area contributed by atoms with E-state index in [2.05, 4.69) is 0 Å². The van der Waals surface area contributed by atoms with Crippen molar-refractivity contribution in [2.45, 2.75) is 12.5 Å². The van der Waals surface area contributed by atoms with Gasteiger partial charge >= 0.3 is 0 Å². The molecule has 0 amide bonds. The van der Waals surface area contributed by atoms with E-state index in [-0.39, 0.29) is 17.4 Å². The Labute approximate surface area is 46.3 Å². The van der Waals surface area contributed by atoms with Crippen LogP contribution in [-0.4, -0.2) is 22.7 Å². The zero-order valence-corrected chi connectivity index (χ0v) is 4.28. The second-order valence-electron chi connectivity index (χ2n) is 2.03. The first-order chi connectivity index (χ1) is 3.75. The predicted octanol–water partition coefficient (Wildman–Crippen LogP) is -0.356. The minimum atomic E-state index is -0.444.